The third-order valence-electron chi connectivity index (χ3n) is 6.29. The Morgan fingerprint density at radius 1 is 1.03 bits per heavy atom. The van der Waals surface area contributed by atoms with Crippen LogP contribution in [0, 0.1) is 5.92 Å². The van der Waals surface area contributed by atoms with E-state index in [1.807, 2.05) is 54.6 Å². The molecule has 39 heavy (non-hydrogen) atoms. The predicted octanol–water partition coefficient (Wildman–Crippen LogP) is 2.61. The topological polar surface area (TPSA) is 131 Å². The van der Waals surface area contributed by atoms with Gasteiger partial charge in [-0.25, -0.2) is 4.79 Å². The van der Waals surface area contributed by atoms with Crippen molar-refractivity contribution >= 4 is 23.8 Å². The predicted molar refractivity (Wildman–Crippen MR) is 144 cm³/mol. The minimum absolute atomic E-state index is 0.00146. The minimum Gasteiger partial charge on any atom is -0.463 e. The number of hydrogen-bond donors (Lipinski definition) is 3. The monoisotopic (exact) mass is 536 g/mol. The Balaban J connectivity index is 1.66. The van der Waals surface area contributed by atoms with Crippen molar-refractivity contribution in [3.8, 4) is 0 Å². The summed E-state index contributed by atoms with van der Waals surface area (Å²) in [6.45, 7) is -0.620. The van der Waals surface area contributed by atoms with Gasteiger partial charge in [0.2, 0.25) is 11.8 Å². The van der Waals surface area contributed by atoms with Crippen LogP contribution in [-0.4, -0.2) is 54.2 Å². The van der Waals surface area contributed by atoms with Gasteiger partial charge in [-0.2, -0.15) is 0 Å². The van der Waals surface area contributed by atoms with Crippen LogP contribution in [0.4, 0.5) is 0 Å². The zero-order valence-electron chi connectivity index (χ0n) is 21.9. The lowest BCUT2D eigenvalue weighted by Crippen LogP contribution is -2.48. The number of cyclic esters (lactones) is 1. The van der Waals surface area contributed by atoms with Gasteiger partial charge in [0, 0.05) is 12.8 Å². The number of carbonyl (C=O) groups is 4. The zero-order chi connectivity index (χ0) is 27.9. The highest BCUT2D eigenvalue weighted by atomic mass is 16.6. The van der Waals surface area contributed by atoms with Crippen LogP contribution in [0.3, 0.4) is 0 Å². The Hall–Kier alpha value is -3.98. The average Bonchev–Trinajstić information content (AvgIpc) is 2.96. The number of ether oxygens (including phenoxy) is 2. The van der Waals surface area contributed by atoms with Gasteiger partial charge >= 0.3 is 11.9 Å². The number of nitrogens with one attached hydrogen (secondary N) is 2. The minimum atomic E-state index is -1.22. The highest BCUT2D eigenvalue weighted by molar-refractivity contribution is 5.89. The summed E-state index contributed by atoms with van der Waals surface area (Å²) < 4.78 is 10.6. The van der Waals surface area contributed by atoms with E-state index in [9.17, 15) is 24.3 Å². The number of aliphatic hydroxyl groups is 1. The van der Waals surface area contributed by atoms with E-state index >= 15 is 0 Å². The Labute approximate surface area is 228 Å². The first-order valence-corrected chi connectivity index (χ1v) is 13.2. The largest absolute Gasteiger partial charge is 0.463 e. The van der Waals surface area contributed by atoms with Crippen LogP contribution in [0.25, 0.3) is 0 Å². The van der Waals surface area contributed by atoms with Gasteiger partial charge in [-0.15, -0.1) is 0 Å². The van der Waals surface area contributed by atoms with Crippen molar-refractivity contribution in [2.24, 2.45) is 5.92 Å². The number of amides is 2. The molecule has 2 aromatic carbocycles. The molecule has 1 aliphatic heterocycles. The van der Waals surface area contributed by atoms with Gasteiger partial charge in [-0.3, -0.25) is 14.4 Å². The van der Waals surface area contributed by atoms with Gasteiger partial charge in [-0.05, 0) is 36.8 Å². The molecule has 0 fully saturated rings. The van der Waals surface area contributed by atoms with E-state index in [4.69, 9.17) is 9.47 Å². The molecule has 0 bridgehead atoms. The first-order chi connectivity index (χ1) is 18.9. The SMILES string of the molecule is O=C(CC1CC=CCCCC(=O)OCC(C(=O)OCc2ccccc2)NC1=O)NC(CO)Cc1ccccc1. The molecule has 1 heterocycles. The molecular formula is C30H36N2O7. The van der Waals surface area contributed by atoms with Crippen molar-refractivity contribution in [2.45, 2.75) is 57.2 Å². The third-order valence-corrected chi connectivity index (χ3v) is 6.29. The van der Waals surface area contributed by atoms with Gasteiger partial charge < -0.3 is 25.2 Å². The number of aliphatic hydroxyl groups excluding tert-OH is 1. The lowest BCUT2D eigenvalue weighted by molar-refractivity contribution is -0.155. The Morgan fingerprint density at radius 2 is 1.72 bits per heavy atom. The molecule has 3 N–H and O–H groups in total. The summed E-state index contributed by atoms with van der Waals surface area (Å²) in [7, 11) is 0. The Morgan fingerprint density at radius 3 is 2.41 bits per heavy atom. The molecule has 3 unspecified atom stereocenters. The molecule has 0 radical (unpaired) electrons. The first kappa shape index (κ1) is 29.6. The molecule has 0 aromatic heterocycles. The molecule has 208 valence electrons. The number of carbonyl (C=O) groups excluding carboxylic acids is 4. The van der Waals surface area contributed by atoms with Crippen molar-refractivity contribution in [1.29, 1.82) is 0 Å². The van der Waals surface area contributed by atoms with Gasteiger partial charge in [-0.1, -0.05) is 72.8 Å². The van der Waals surface area contributed by atoms with Crippen LogP contribution < -0.4 is 10.6 Å². The van der Waals surface area contributed by atoms with E-state index in [0.29, 0.717) is 19.3 Å². The van der Waals surface area contributed by atoms with Crippen molar-refractivity contribution in [3.63, 3.8) is 0 Å². The van der Waals surface area contributed by atoms with E-state index in [1.54, 1.807) is 18.2 Å². The maximum absolute atomic E-state index is 13.2. The maximum atomic E-state index is 13.2. The second kappa shape index (κ2) is 16.1. The normalized spacial score (nSPS) is 19.3. The van der Waals surface area contributed by atoms with Crippen LogP contribution in [0.15, 0.2) is 72.8 Å². The summed E-state index contributed by atoms with van der Waals surface area (Å²) in [6, 6.07) is 16.8. The molecule has 0 saturated heterocycles. The number of allylic oxidation sites excluding steroid dienone is 2. The fourth-order valence-corrected chi connectivity index (χ4v) is 4.13. The molecular weight excluding hydrogens is 500 g/mol. The van der Waals surface area contributed by atoms with Crippen molar-refractivity contribution < 1.29 is 33.8 Å². The average molecular weight is 537 g/mol. The number of rotatable bonds is 9. The van der Waals surface area contributed by atoms with Crippen LogP contribution in [0.1, 0.15) is 43.2 Å². The molecule has 3 rings (SSSR count). The first-order valence-electron chi connectivity index (χ1n) is 13.2. The Kier molecular flexibility index (Phi) is 12.2. The second-order valence-corrected chi connectivity index (χ2v) is 9.47. The highest BCUT2D eigenvalue weighted by Crippen LogP contribution is 2.14. The lowest BCUT2D eigenvalue weighted by Gasteiger charge is -2.22. The van der Waals surface area contributed by atoms with E-state index in [0.717, 1.165) is 11.1 Å². The maximum Gasteiger partial charge on any atom is 0.332 e. The number of benzene rings is 2. The van der Waals surface area contributed by atoms with Crippen molar-refractivity contribution in [3.05, 3.63) is 83.9 Å². The number of hydrogen-bond acceptors (Lipinski definition) is 7. The lowest BCUT2D eigenvalue weighted by atomic mass is 9.98. The smallest absolute Gasteiger partial charge is 0.332 e. The molecule has 1 aliphatic rings. The molecule has 2 amide bonds. The van der Waals surface area contributed by atoms with E-state index in [2.05, 4.69) is 10.6 Å². The summed E-state index contributed by atoms with van der Waals surface area (Å²) in [5, 5.41) is 15.2. The molecule has 2 aromatic rings. The molecule has 9 heteroatoms. The fraction of sp³-hybridized carbons (Fsp3) is 0.400. The van der Waals surface area contributed by atoms with E-state index in [-0.39, 0.29) is 39.1 Å². The molecule has 0 saturated carbocycles. The zero-order valence-corrected chi connectivity index (χ0v) is 21.9. The summed E-state index contributed by atoms with van der Waals surface area (Å²) in [4.78, 5) is 51.1. The van der Waals surface area contributed by atoms with Gasteiger partial charge in [0.1, 0.15) is 13.2 Å². The summed E-state index contributed by atoms with van der Waals surface area (Å²) in [5.41, 5.74) is 1.73. The standard InChI is InChI=1S/C30H36N2O7/c33-19-25(17-22-11-5-3-6-12-22)31-27(34)18-24-15-9-1-2-10-16-28(35)38-21-26(32-29(24)36)30(37)39-20-23-13-7-4-8-14-23/h1,3-9,11-14,24-26,33H,2,10,15-21H2,(H,31,34)(H,32,36). The number of esters is 2. The second-order valence-electron chi connectivity index (χ2n) is 9.47. The van der Waals surface area contributed by atoms with Crippen LogP contribution >= 0.6 is 0 Å². The quantitative estimate of drug-likeness (QED) is 0.332. The van der Waals surface area contributed by atoms with Crippen LogP contribution in [0.2, 0.25) is 0 Å². The molecule has 3 atom stereocenters. The van der Waals surface area contributed by atoms with Gasteiger partial charge in [0.25, 0.3) is 0 Å². The fourth-order valence-electron chi connectivity index (χ4n) is 4.13. The van der Waals surface area contributed by atoms with E-state index in [1.165, 1.54) is 0 Å². The van der Waals surface area contributed by atoms with Crippen LogP contribution in [0.5, 0.6) is 0 Å². The molecule has 0 spiro atoms. The summed E-state index contributed by atoms with van der Waals surface area (Å²) in [6.07, 6.45) is 5.58. The molecule has 0 aliphatic carbocycles. The summed E-state index contributed by atoms with van der Waals surface area (Å²) in [5.74, 6) is -2.91. The summed E-state index contributed by atoms with van der Waals surface area (Å²) >= 11 is 0. The van der Waals surface area contributed by atoms with Gasteiger partial charge in [0.05, 0.1) is 18.6 Å². The van der Waals surface area contributed by atoms with Gasteiger partial charge in [0.15, 0.2) is 6.04 Å². The third kappa shape index (κ3) is 10.7. The van der Waals surface area contributed by atoms with Crippen molar-refractivity contribution in [1.82, 2.24) is 10.6 Å². The Bertz CT molecular complexity index is 1100. The van der Waals surface area contributed by atoms with Crippen LogP contribution in [-0.2, 0) is 41.7 Å². The van der Waals surface area contributed by atoms with Crippen molar-refractivity contribution in [2.75, 3.05) is 13.2 Å². The van der Waals surface area contributed by atoms with E-state index < -0.39 is 41.8 Å². The molecule has 9 nitrogen and oxygen atoms in total. The highest BCUT2D eigenvalue weighted by Gasteiger charge is 2.29.